The summed E-state index contributed by atoms with van der Waals surface area (Å²) in [6, 6.07) is 4.42. The second-order valence-corrected chi connectivity index (χ2v) is 6.11. The Bertz CT molecular complexity index is 385. The van der Waals surface area contributed by atoms with Crippen molar-refractivity contribution in [3.05, 3.63) is 23.9 Å². The third kappa shape index (κ3) is 4.46. The molecule has 4 heteroatoms. The minimum absolute atomic E-state index is 0.174. The molecule has 0 spiro atoms. The van der Waals surface area contributed by atoms with Gasteiger partial charge >= 0.3 is 0 Å². The van der Waals surface area contributed by atoms with Crippen LogP contribution in [-0.2, 0) is 6.54 Å². The van der Waals surface area contributed by atoms with E-state index in [1.807, 2.05) is 6.20 Å². The fourth-order valence-corrected chi connectivity index (χ4v) is 2.71. The summed E-state index contributed by atoms with van der Waals surface area (Å²) in [5.41, 5.74) is 1.18. The average molecular weight is 277 g/mol. The molecular weight excluding hydrogens is 250 g/mol. The average Bonchev–Trinajstić information content (AvgIpc) is 2.97. The van der Waals surface area contributed by atoms with E-state index >= 15 is 0 Å². The lowest BCUT2D eigenvalue weighted by molar-refractivity contribution is 0.223. The van der Waals surface area contributed by atoms with Crippen molar-refractivity contribution in [2.45, 2.75) is 45.7 Å². The summed E-state index contributed by atoms with van der Waals surface area (Å²) < 4.78 is 0. The number of hydrogen-bond donors (Lipinski definition) is 2. The van der Waals surface area contributed by atoms with E-state index in [1.165, 1.54) is 18.4 Å². The highest BCUT2D eigenvalue weighted by Crippen LogP contribution is 2.17. The van der Waals surface area contributed by atoms with Crippen molar-refractivity contribution < 1.29 is 5.11 Å². The predicted molar refractivity (Wildman–Crippen MR) is 82.9 cm³/mol. The van der Waals surface area contributed by atoms with E-state index in [1.54, 1.807) is 0 Å². The SMILES string of the molecule is CC(C)CC(CO)NCc1ccc(N2CCCC2)nc1. The molecule has 2 heterocycles. The van der Waals surface area contributed by atoms with E-state index in [9.17, 15) is 5.11 Å². The number of rotatable bonds is 7. The molecule has 4 nitrogen and oxygen atoms in total. The van der Waals surface area contributed by atoms with Gasteiger partial charge in [0.2, 0.25) is 0 Å². The Morgan fingerprint density at radius 1 is 1.30 bits per heavy atom. The summed E-state index contributed by atoms with van der Waals surface area (Å²) in [5.74, 6) is 1.68. The van der Waals surface area contributed by atoms with Crippen molar-refractivity contribution in [3.63, 3.8) is 0 Å². The third-order valence-corrected chi connectivity index (χ3v) is 3.81. The lowest BCUT2D eigenvalue weighted by atomic mass is 10.0. The van der Waals surface area contributed by atoms with Crippen molar-refractivity contribution in [1.29, 1.82) is 0 Å². The summed E-state index contributed by atoms with van der Waals surface area (Å²) in [6.07, 6.45) is 5.50. The van der Waals surface area contributed by atoms with Crippen LogP contribution in [0.15, 0.2) is 18.3 Å². The normalized spacial score (nSPS) is 16.9. The molecule has 1 saturated heterocycles. The van der Waals surface area contributed by atoms with Crippen molar-refractivity contribution in [3.8, 4) is 0 Å². The van der Waals surface area contributed by atoms with Gasteiger partial charge in [0, 0.05) is 31.9 Å². The largest absolute Gasteiger partial charge is 0.395 e. The Kier molecular flexibility index (Phi) is 5.80. The van der Waals surface area contributed by atoms with Gasteiger partial charge in [-0.1, -0.05) is 19.9 Å². The Morgan fingerprint density at radius 3 is 2.60 bits per heavy atom. The molecule has 2 rings (SSSR count). The molecule has 1 aromatic rings. The van der Waals surface area contributed by atoms with Crippen LogP contribution < -0.4 is 10.2 Å². The zero-order chi connectivity index (χ0) is 14.4. The summed E-state index contributed by atoms with van der Waals surface area (Å²) in [6.45, 7) is 7.58. The summed E-state index contributed by atoms with van der Waals surface area (Å²) in [7, 11) is 0. The molecule has 0 saturated carbocycles. The van der Waals surface area contributed by atoms with Gasteiger partial charge in [0.25, 0.3) is 0 Å². The number of anilines is 1. The first-order chi connectivity index (χ1) is 9.69. The van der Waals surface area contributed by atoms with E-state index < -0.39 is 0 Å². The van der Waals surface area contributed by atoms with Gasteiger partial charge in [-0.25, -0.2) is 4.98 Å². The zero-order valence-corrected chi connectivity index (χ0v) is 12.7. The van der Waals surface area contributed by atoms with Crippen molar-refractivity contribution in [2.75, 3.05) is 24.6 Å². The summed E-state index contributed by atoms with van der Waals surface area (Å²) in [4.78, 5) is 6.89. The van der Waals surface area contributed by atoms with Crippen LogP contribution in [-0.4, -0.2) is 35.8 Å². The Morgan fingerprint density at radius 2 is 2.05 bits per heavy atom. The van der Waals surface area contributed by atoms with Crippen molar-refractivity contribution in [1.82, 2.24) is 10.3 Å². The Balaban J connectivity index is 1.83. The molecule has 0 aliphatic carbocycles. The standard InChI is InChI=1S/C16H27N3O/c1-13(2)9-15(12-20)17-10-14-5-6-16(18-11-14)19-7-3-4-8-19/h5-6,11,13,15,17,20H,3-4,7-10,12H2,1-2H3. The molecule has 2 N–H and O–H groups in total. The molecule has 1 aliphatic heterocycles. The summed E-state index contributed by atoms with van der Waals surface area (Å²) >= 11 is 0. The fraction of sp³-hybridized carbons (Fsp3) is 0.688. The van der Waals surface area contributed by atoms with Gasteiger partial charge in [0.05, 0.1) is 6.61 Å². The Labute approximate surface area is 122 Å². The number of nitrogens with zero attached hydrogens (tertiary/aromatic N) is 2. The highest BCUT2D eigenvalue weighted by atomic mass is 16.3. The van der Waals surface area contributed by atoms with E-state index in [4.69, 9.17) is 0 Å². The van der Waals surface area contributed by atoms with Gasteiger partial charge in [-0.05, 0) is 36.8 Å². The maximum atomic E-state index is 9.36. The maximum Gasteiger partial charge on any atom is 0.128 e. The zero-order valence-electron chi connectivity index (χ0n) is 12.7. The van der Waals surface area contributed by atoms with E-state index in [-0.39, 0.29) is 12.6 Å². The first-order valence-corrected chi connectivity index (χ1v) is 7.73. The first kappa shape index (κ1) is 15.3. The third-order valence-electron chi connectivity index (χ3n) is 3.81. The molecule has 1 aliphatic rings. The monoisotopic (exact) mass is 277 g/mol. The van der Waals surface area contributed by atoms with Gasteiger partial charge in [-0.15, -0.1) is 0 Å². The molecule has 0 radical (unpaired) electrons. The highest BCUT2D eigenvalue weighted by Gasteiger charge is 2.13. The number of aliphatic hydroxyl groups excluding tert-OH is 1. The van der Waals surface area contributed by atoms with Crippen LogP contribution in [0.25, 0.3) is 0 Å². The second-order valence-electron chi connectivity index (χ2n) is 6.11. The van der Waals surface area contributed by atoms with Crippen molar-refractivity contribution in [2.24, 2.45) is 5.92 Å². The minimum Gasteiger partial charge on any atom is -0.395 e. The number of aliphatic hydroxyl groups is 1. The topological polar surface area (TPSA) is 48.4 Å². The van der Waals surface area contributed by atoms with Crippen LogP contribution in [0.5, 0.6) is 0 Å². The molecule has 1 aromatic heterocycles. The van der Waals surface area contributed by atoms with E-state index in [0.29, 0.717) is 5.92 Å². The van der Waals surface area contributed by atoms with Crippen LogP contribution in [0.3, 0.4) is 0 Å². The van der Waals surface area contributed by atoms with Gasteiger partial charge < -0.3 is 15.3 Å². The maximum absolute atomic E-state index is 9.36. The molecule has 112 valence electrons. The first-order valence-electron chi connectivity index (χ1n) is 7.73. The lowest BCUT2D eigenvalue weighted by Crippen LogP contribution is -2.33. The smallest absolute Gasteiger partial charge is 0.128 e. The molecule has 1 atom stereocenters. The molecule has 0 amide bonds. The van der Waals surface area contributed by atoms with Crippen molar-refractivity contribution >= 4 is 5.82 Å². The van der Waals surface area contributed by atoms with Gasteiger partial charge in [0.15, 0.2) is 0 Å². The molecule has 1 fully saturated rings. The predicted octanol–water partition coefficient (Wildman–Crippen LogP) is 2.18. The molecule has 20 heavy (non-hydrogen) atoms. The van der Waals surface area contributed by atoms with Gasteiger partial charge in [0.1, 0.15) is 5.82 Å². The summed E-state index contributed by atoms with van der Waals surface area (Å²) in [5, 5.41) is 12.8. The minimum atomic E-state index is 0.174. The van der Waals surface area contributed by atoms with Gasteiger partial charge in [-0.3, -0.25) is 0 Å². The fourth-order valence-electron chi connectivity index (χ4n) is 2.71. The number of hydrogen-bond acceptors (Lipinski definition) is 4. The van der Waals surface area contributed by atoms with Gasteiger partial charge in [-0.2, -0.15) is 0 Å². The molecule has 0 bridgehead atoms. The second kappa shape index (κ2) is 7.60. The number of pyridine rings is 1. The van der Waals surface area contributed by atoms with E-state index in [2.05, 4.69) is 41.2 Å². The number of nitrogens with one attached hydrogen (secondary N) is 1. The molecular formula is C16H27N3O. The van der Waals surface area contributed by atoms with Crippen LogP contribution in [0, 0.1) is 5.92 Å². The quantitative estimate of drug-likeness (QED) is 0.802. The lowest BCUT2D eigenvalue weighted by Gasteiger charge is -2.19. The molecule has 1 unspecified atom stereocenters. The number of aromatic nitrogens is 1. The van der Waals surface area contributed by atoms with Crippen LogP contribution in [0.1, 0.15) is 38.7 Å². The Hall–Kier alpha value is -1.13. The van der Waals surface area contributed by atoms with Crippen LogP contribution in [0.2, 0.25) is 0 Å². The highest BCUT2D eigenvalue weighted by molar-refractivity contribution is 5.40. The van der Waals surface area contributed by atoms with Crippen LogP contribution >= 0.6 is 0 Å². The molecule has 0 aromatic carbocycles. The van der Waals surface area contributed by atoms with E-state index in [0.717, 1.165) is 31.9 Å². The van der Waals surface area contributed by atoms with Crippen LogP contribution in [0.4, 0.5) is 5.82 Å².